The summed E-state index contributed by atoms with van der Waals surface area (Å²) in [5, 5.41) is 14.6. The highest BCUT2D eigenvalue weighted by molar-refractivity contribution is 5.94. The number of alkyl carbamates (subject to hydrolysis) is 1. The first-order valence-electron chi connectivity index (χ1n) is 9.79. The molecule has 0 saturated heterocycles. The maximum Gasteiger partial charge on any atom is 0.407 e. The third kappa shape index (κ3) is 4.12. The zero-order valence-electron chi connectivity index (χ0n) is 16.3. The number of phenols is 1. The van der Waals surface area contributed by atoms with Crippen molar-refractivity contribution in [3.8, 4) is 16.9 Å². The summed E-state index contributed by atoms with van der Waals surface area (Å²) < 4.78 is 5.45. The van der Waals surface area contributed by atoms with E-state index in [1.54, 1.807) is 0 Å². The SMILES string of the molecule is O=C(NCCNC(=O)c1ccc(O)cc1)OCC1c2ccccc2-c2ccccc21. The minimum Gasteiger partial charge on any atom is -0.508 e. The monoisotopic (exact) mass is 402 g/mol. The van der Waals surface area contributed by atoms with E-state index < -0.39 is 6.09 Å². The van der Waals surface area contributed by atoms with Crippen LogP contribution >= 0.6 is 0 Å². The van der Waals surface area contributed by atoms with E-state index in [9.17, 15) is 14.7 Å². The van der Waals surface area contributed by atoms with Crippen LogP contribution in [0.25, 0.3) is 11.1 Å². The molecule has 1 aliphatic rings. The van der Waals surface area contributed by atoms with E-state index in [-0.39, 0.29) is 37.3 Å². The molecular formula is C24H22N2O4. The first kappa shape index (κ1) is 19.5. The van der Waals surface area contributed by atoms with Crippen LogP contribution in [-0.4, -0.2) is 36.8 Å². The van der Waals surface area contributed by atoms with Gasteiger partial charge in [0, 0.05) is 24.6 Å². The molecule has 6 nitrogen and oxygen atoms in total. The lowest BCUT2D eigenvalue weighted by Gasteiger charge is -2.14. The van der Waals surface area contributed by atoms with Gasteiger partial charge >= 0.3 is 6.09 Å². The molecule has 1 aliphatic carbocycles. The van der Waals surface area contributed by atoms with Crippen molar-refractivity contribution in [2.24, 2.45) is 0 Å². The van der Waals surface area contributed by atoms with E-state index in [1.165, 1.54) is 35.4 Å². The van der Waals surface area contributed by atoms with E-state index in [1.807, 2.05) is 24.3 Å². The van der Waals surface area contributed by atoms with E-state index in [4.69, 9.17) is 4.74 Å². The average Bonchev–Trinajstić information content (AvgIpc) is 3.09. The predicted molar refractivity (Wildman–Crippen MR) is 114 cm³/mol. The highest BCUT2D eigenvalue weighted by atomic mass is 16.5. The molecule has 3 aromatic rings. The highest BCUT2D eigenvalue weighted by Gasteiger charge is 2.28. The maximum atomic E-state index is 12.1. The lowest BCUT2D eigenvalue weighted by Crippen LogP contribution is -2.35. The number of hydrogen-bond acceptors (Lipinski definition) is 4. The maximum absolute atomic E-state index is 12.1. The van der Waals surface area contributed by atoms with Crippen LogP contribution < -0.4 is 10.6 Å². The Kier molecular flexibility index (Phi) is 5.66. The summed E-state index contributed by atoms with van der Waals surface area (Å²) in [5.41, 5.74) is 5.12. The van der Waals surface area contributed by atoms with Crippen LogP contribution in [0.2, 0.25) is 0 Å². The molecule has 3 N–H and O–H groups in total. The van der Waals surface area contributed by atoms with Crippen LogP contribution in [0.15, 0.2) is 72.8 Å². The summed E-state index contributed by atoms with van der Waals surface area (Å²) in [6.45, 7) is 0.768. The largest absolute Gasteiger partial charge is 0.508 e. The van der Waals surface area contributed by atoms with Gasteiger partial charge in [0.15, 0.2) is 0 Å². The van der Waals surface area contributed by atoms with Crippen molar-refractivity contribution in [3.05, 3.63) is 89.5 Å². The minimum absolute atomic E-state index is 0.0114. The second-order valence-corrected chi connectivity index (χ2v) is 7.06. The van der Waals surface area contributed by atoms with Gasteiger partial charge in [-0.05, 0) is 46.5 Å². The van der Waals surface area contributed by atoms with Gasteiger partial charge in [0.25, 0.3) is 5.91 Å². The van der Waals surface area contributed by atoms with Gasteiger partial charge in [-0.3, -0.25) is 4.79 Å². The van der Waals surface area contributed by atoms with Crippen LogP contribution in [-0.2, 0) is 4.74 Å². The minimum atomic E-state index is -0.518. The molecule has 0 atom stereocenters. The molecule has 0 aromatic heterocycles. The molecule has 0 heterocycles. The van der Waals surface area contributed by atoms with E-state index in [0.29, 0.717) is 5.56 Å². The van der Waals surface area contributed by atoms with Gasteiger partial charge in [0.05, 0.1) is 0 Å². The number of amides is 2. The normalized spacial score (nSPS) is 12.0. The Balaban J connectivity index is 1.25. The van der Waals surface area contributed by atoms with Crippen molar-refractivity contribution in [1.29, 1.82) is 0 Å². The predicted octanol–water partition coefficient (Wildman–Crippen LogP) is 3.66. The lowest BCUT2D eigenvalue weighted by molar-refractivity contribution is 0.0952. The third-order valence-electron chi connectivity index (χ3n) is 5.15. The molecule has 0 fully saturated rings. The topological polar surface area (TPSA) is 87.7 Å². The molecule has 30 heavy (non-hydrogen) atoms. The van der Waals surface area contributed by atoms with Crippen LogP contribution in [0, 0.1) is 0 Å². The number of fused-ring (bicyclic) bond motifs is 3. The van der Waals surface area contributed by atoms with Gasteiger partial charge in [-0.1, -0.05) is 48.5 Å². The Bertz CT molecular complexity index is 1020. The number of nitrogens with one attached hydrogen (secondary N) is 2. The summed E-state index contributed by atoms with van der Waals surface area (Å²) in [7, 11) is 0. The lowest BCUT2D eigenvalue weighted by atomic mass is 9.98. The standard InChI is InChI=1S/C24H22N2O4/c27-17-11-9-16(10-12-17)23(28)25-13-14-26-24(29)30-15-22-20-7-3-1-5-18(20)19-6-2-4-8-21(19)22/h1-12,22,27H,13-15H2,(H,25,28)(H,26,29). The van der Waals surface area contributed by atoms with Crippen LogP contribution in [0.1, 0.15) is 27.4 Å². The second-order valence-electron chi connectivity index (χ2n) is 7.06. The zero-order valence-corrected chi connectivity index (χ0v) is 16.3. The Labute approximate surface area is 174 Å². The highest BCUT2D eigenvalue weighted by Crippen LogP contribution is 2.44. The van der Waals surface area contributed by atoms with Gasteiger partial charge in [-0.15, -0.1) is 0 Å². The molecule has 0 aliphatic heterocycles. The molecule has 4 rings (SSSR count). The third-order valence-corrected chi connectivity index (χ3v) is 5.15. The number of hydrogen-bond donors (Lipinski definition) is 3. The molecule has 0 bridgehead atoms. The number of benzene rings is 3. The number of carbonyl (C=O) groups is 2. The fraction of sp³-hybridized carbons (Fsp3) is 0.167. The summed E-state index contributed by atoms with van der Waals surface area (Å²) >= 11 is 0. The molecular weight excluding hydrogens is 380 g/mol. The van der Waals surface area contributed by atoms with E-state index >= 15 is 0 Å². The molecule has 152 valence electrons. The quantitative estimate of drug-likeness (QED) is 0.549. The summed E-state index contributed by atoms with van der Waals surface area (Å²) in [5.74, 6) is -0.162. The Hall–Kier alpha value is -3.80. The van der Waals surface area contributed by atoms with Crippen molar-refractivity contribution < 1.29 is 19.4 Å². The first-order chi connectivity index (χ1) is 14.6. The number of phenolic OH excluding ortho intramolecular Hbond substituents is 1. The van der Waals surface area contributed by atoms with Crippen molar-refractivity contribution >= 4 is 12.0 Å². The Morgan fingerprint density at radius 1 is 0.800 bits per heavy atom. The molecule has 0 unspecified atom stereocenters. The second kappa shape index (κ2) is 8.69. The van der Waals surface area contributed by atoms with Gasteiger partial charge in [-0.2, -0.15) is 0 Å². The molecule has 3 aromatic carbocycles. The van der Waals surface area contributed by atoms with E-state index in [0.717, 1.165) is 11.1 Å². The summed E-state index contributed by atoms with van der Waals surface area (Å²) in [6, 6.07) is 22.3. The van der Waals surface area contributed by atoms with Crippen molar-refractivity contribution in [2.75, 3.05) is 19.7 Å². The van der Waals surface area contributed by atoms with Crippen LogP contribution in [0.5, 0.6) is 5.75 Å². The summed E-state index contributed by atoms with van der Waals surface area (Å²) in [6.07, 6.45) is -0.518. The molecule has 0 spiro atoms. The van der Waals surface area contributed by atoms with Gasteiger partial charge in [-0.25, -0.2) is 4.79 Å². The molecule has 6 heteroatoms. The molecule has 0 radical (unpaired) electrons. The van der Waals surface area contributed by atoms with Crippen LogP contribution in [0.3, 0.4) is 0 Å². The Morgan fingerprint density at radius 2 is 1.37 bits per heavy atom. The zero-order chi connectivity index (χ0) is 20.9. The Morgan fingerprint density at radius 3 is 2.00 bits per heavy atom. The number of aromatic hydroxyl groups is 1. The van der Waals surface area contributed by atoms with Gasteiger partial charge < -0.3 is 20.5 Å². The summed E-state index contributed by atoms with van der Waals surface area (Å²) in [4.78, 5) is 24.1. The fourth-order valence-corrected chi connectivity index (χ4v) is 3.70. The smallest absolute Gasteiger partial charge is 0.407 e. The fourth-order valence-electron chi connectivity index (χ4n) is 3.70. The average molecular weight is 402 g/mol. The van der Waals surface area contributed by atoms with Crippen LogP contribution in [0.4, 0.5) is 4.79 Å². The van der Waals surface area contributed by atoms with Crippen molar-refractivity contribution in [1.82, 2.24) is 10.6 Å². The number of carbonyl (C=O) groups excluding carboxylic acids is 2. The van der Waals surface area contributed by atoms with E-state index in [2.05, 4.69) is 34.9 Å². The number of rotatable bonds is 6. The first-order valence-corrected chi connectivity index (χ1v) is 9.79. The van der Waals surface area contributed by atoms with Crippen molar-refractivity contribution in [2.45, 2.75) is 5.92 Å². The van der Waals surface area contributed by atoms with Gasteiger partial charge in [0.1, 0.15) is 12.4 Å². The molecule has 0 saturated carbocycles. The molecule has 2 amide bonds. The van der Waals surface area contributed by atoms with Crippen molar-refractivity contribution in [3.63, 3.8) is 0 Å². The number of ether oxygens (including phenoxy) is 1. The van der Waals surface area contributed by atoms with Gasteiger partial charge in [0.2, 0.25) is 0 Å².